The highest BCUT2D eigenvalue weighted by molar-refractivity contribution is 14.1. The Labute approximate surface area is 215 Å². The van der Waals surface area contributed by atoms with E-state index in [4.69, 9.17) is 9.47 Å². The van der Waals surface area contributed by atoms with Crippen molar-refractivity contribution in [1.29, 1.82) is 5.26 Å². The van der Waals surface area contributed by atoms with Crippen LogP contribution in [-0.4, -0.2) is 13.0 Å². The van der Waals surface area contributed by atoms with Crippen molar-refractivity contribution in [3.8, 4) is 17.6 Å². The van der Waals surface area contributed by atoms with E-state index in [-0.39, 0.29) is 5.57 Å². The van der Waals surface area contributed by atoms with Gasteiger partial charge in [-0.15, -0.1) is 0 Å². The zero-order valence-electron chi connectivity index (χ0n) is 18.7. The molecule has 0 aliphatic carbocycles. The van der Waals surface area contributed by atoms with Gasteiger partial charge in [0.1, 0.15) is 24.1 Å². The van der Waals surface area contributed by atoms with Gasteiger partial charge in [-0.3, -0.25) is 4.79 Å². The lowest BCUT2D eigenvalue weighted by atomic mass is 10.1. The third kappa shape index (κ3) is 5.78. The molecule has 0 heterocycles. The van der Waals surface area contributed by atoms with Crippen LogP contribution >= 0.6 is 22.6 Å². The van der Waals surface area contributed by atoms with E-state index in [1.807, 2.05) is 36.4 Å². The van der Waals surface area contributed by atoms with Crippen LogP contribution in [0.1, 0.15) is 11.1 Å². The van der Waals surface area contributed by atoms with Gasteiger partial charge in [-0.2, -0.15) is 5.26 Å². The smallest absolute Gasteiger partial charge is 0.266 e. The number of carbonyl (C=O) groups excluding carboxylic acids is 1. The maximum Gasteiger partial charge on any atom is 0.266 e. The molecule has 0 saturated carbocycles. The Morgan fingerprint density at radius 1 is 1.09 bits per heavy atom. The van der Waals surface area contributed by atoms with Gasteiger partial charge in [-0.1, -0.05) is 42.5 Å². The molecule has 0 aromatic heterocycles. The molecule has 174 valence electrons. The second kappa shape index (κ2) is 11.0. The molecule has 0 spiro atoms. The van der Waals surface area contributed by atoms with E-state index < -0.39 is 11.7 Å². The first-order valence-electron chi connectivity index (χ1n) is 10.6. The summed E-state index contributed by atoms with van der Waals surface area (Å²) in [7, 11) is 1.54. The summed E-state index contributed by atoms with van der Waals surface area (Å²) >= 11 is 2.14. The lowest BCUT2D eigenvalue weighted by Gasteiger charge is -2.15. The Kier molecular flexibility index (Phi) is 7.63. The lowest BCUT2D eigenvalue weighted by molar-refractivity contribution is -0.112. The molecular weight excluding hydrogens is 558 g/mol. The largest absolute Gasteiger partial charge is 0.493 e. The van der Waals surface area contributed by atoms with Crippen LogP contribution in [0.4, 0.5) is 10.1 Å². The first-order valence-corrected chi connectivity index (χ1v) is 11.7. The van der Waals surface area contributed by atoms with Crippen LogP contribution in [0, 0.1) is 20.7 Å². The molecule has 7 heteroatoms. The Morgan fingerprint density at radius 2 is 1.83 bits per heavy atom. The van der Waals surface area contributed by atoms with E-state index in [2.05, 4.69) is 46.1 Å². The highest BCUT2D eigenvalue weighted by Gasteiger charge is 2.15. The van der Waals surface area contributed by atoms with Gasteiger partial charge in [0.25, 0.3) is 5.91 Å². The van der Waals surface area contributed by atoms with Gasteiger partial charge in [0.05, 0.1) is 10.7 Å². The first-order chi connectivity index (χ1) is 17.0. The van der Waals surface area contributed by atoms with Crippen molar-refractivity contribution in [2.45, 2.75) is 6.61 Å². The molecule has 5 nitrogen and oxygen atoms in total. The Bertz CT molecular complexity index is 1450. The minimum absolute atomic E-state index is 0.100. The van der Waals surface area contributed by atoms with E-state index >= 15 is 0 Å². The fraction of sp³-hybridized carbons (Fsp3) is 0.0714. The van der Waals surface area contributed by atoms with Crippen molar-refractivity contribution in [3.63, 3.8) is 0 Å². The van der Waals surface area contributed by atoms with Crippen molar-refractivity contribution < 1.29 is 18.7 Å². The minimum atomic E-state index is -0.593. The maximum atomic E-state index is 13.1. The van der Waals surface area contributed by atoms with E-state index in [1.165, 1.54) is 37.5 Å². The number of rotatable bonds is 7. The third-order valence-electron chi connectivity index (χ3n) is 5.28. The molecule has 35 heavy (non-hydrogen) atoms. The maximum absolute atomic E-state index is 13.1. The summed E-state index contributed by atoms with van der Waals surface area (Å²) in [5.41, 5.74) is 1.95. The van der Waals surface area contributed by atoms with Crippen molar-refractivity contribution in [2.75, 3.05) is 12.4 Å². The molecule has 0 aliphatic rings. The number of halogens is 2. The fourth-order valence-electron chi connectivity index (χ4n) is 3.58. The van der Waals surface area contributed by atoms with Crippen LogP contribution < -0.4 is 14.8 Å². The summed E-state index contributed by atoms with van der Waals surface area (Å²) < 4.78 is 25.6. The summed E-state index contributed by atoms with van der Waals surface area (Å²) in [5, 5.41) is 14.4. The highest BCUT2D eigenvalue weighted by Crippen LogP contribution is 2.35. The molecule has 0 radical (unpaired) electrons. The fourth-order valence-corrected chi connectivity index (χ4v) is 4.36. The monoisotopic (exact) mass is 578 g/mol. The zero-order chi connectivity index (χ0) is 24.8. The van der Waals surface area contributed by atoms with Crippen molar-refractivity contribution in [3.05, 3.63) is 105 Å². The Hall–Kier alpha value is -3.90. The number of methoxy groups -OCH3 is 1. The normalized spacial score (nSPS) is 11.1. The molecule has 0 atom stereocenters. The molecule has 1 N–H and O–H groups in total. The standard InChI is InChI=1S/C28H20FIN2O3/c1-34-26-15-18(13-21(16-31)28(33)32-23-11-9-22(29)10-12-23)14-25(30)27(26)35-17-20-7-4-6-19-5-2-3-8-24(19)20/h2-15H,17H2,1H3,(H,32,33)/b21-13+. The van der Waals surface area contributed by atoms with Gasteiger partial charge in [0.2, 0.25) is 0 Å². The van der Waals surface area contributed by atoms with E-state index in [9.17, 15) is 14.4 Å². The number of carbonyl (C=O) groups is 1. The molecular formula is C28H20FIN2O3. The van der Waals surface area contributed by atoms with Gasteiger partial charge in [-0.05, 0) is 87.0 Å². The van der Waals surface area contributed by atoms with E-state index in [0.29, 0.717) is 29.4 Å². The van der Waals surface area contributed by atoms with Crippen LogP contribution in [0.25, 0.3) is 16.8 Å². The van der Waals surface area contributed by atoms with Crippen LogP contribution in [0.2, 0.25) is 0 Å². The molecule has 0 bridgehead atoms. The van der Waals surface area contributed by atoms with Crippen LogP contribution in [0.3, 0.4) is 0 Å². The van der Waals surface area contributed by atoms with Gasteiger partial charge < -0.3 is 14.8 Å². The molecule has 0 aliphatic heterocycles. The van der Waals surface area contributed by atoms with Crippen molar-refractivity contribution >= 4 is 51.0 Å². The average Bonchev–Trinajstić information content (AvgIpc) is 2.87. The summed E-state index contributed by atoms with van der Waals surface area (Å²) in [6.07, 6.45) is 1.47. The molecule has 4 rings (SSSR count). The Morgan fingerprint density at radius 3 is 2.57 bits per heavy atom. The summed E-state index contributed by atoms with van der Waals surface area (Å²) in [4.78, 5) is 12.6. The van der Waals surface area contributed by atoms with Gasteiger partial charge in [0, 0.05) is 5.69 Å². The second-order valence-corrected chi connectivity index (χ2v) is 8.75. The molecule has 0 fully saturated rings. The van der Waals surface area contributed by atoms with Crippen LogP contribution in [-0.2, 0) is 11.4 Å². The molecule has 4 aromatic rings. The molecule has 0 unspecified atom stereocenters. The number of anilines is 1. The van der Waals surface area contributed by atoms with Crippen molar-refractivity contribution in [1.82, 2.24) is 0 Å². The molecule has 0 saturated heterocycles. The number of nitrogens with one attached hydrogen (secondary N) is 1. The van der Waals surface area contributed by atoms with E-state index in [0.717, 1.165) is 19.9 Å². The zero-order valence-corrected chi connectivity index (χ0v) is 20.9. The summed E-state index contributed by atoms with van der Waals surface area (Å²) in [6.45, 7) is 0.354. The first kappa shape index (κ1) is 24.2. The van der Waals surface area contributed by atoms with Gasteiger partial charge >= 0.3 is 0 Å². The molecule has 1 amide bonds. The van der Waals surface area contributed by atoms with Gasteiger partial charge in [-0.25, -0.2) is 4.39 Å². The predicted octanol–water partition coefficient (Wildman–Crippen LogP) is 6.72. The molecule has 4 aromatic carbocycles. The van der Waals surface area contributed by atoms with Crippen LogP contribution in [0.5, 0.6) is 11.5 Å². The highest BCUT2D eigenvalue weighted by atomic mass is 127. The summed E-state index contributed by atoms with van der Waals surface area (Å²) in [6, 6.07) is 25.0. The SMILES string of the molecule is COc1cc(/C=C(\C#N)C(=O)Nc2ccc(F)cc2)cc(I)c1OCc1cccc2ccccc12. The topological polar surface area (TPSA) is 71.3 Å². The third-order valence-corrected chi connectivity index (χ3v) is 6.08. The number of benzene rings is 4. The average molecular weight is 578 g/mol. The quantitative estimate of drug-likeness (QED) is 0.150. The van der Waals surface area contributed by atoms with Crippen LogP contribution in [0.15, 0.2) is 84.4 Å². The Balaban J connectivity index is 1.56. The number of hydrogen-bond acceptors (Lipinski definition) is 4. The second-order valence-electron chi connectivity index (χ2n) is 7.59. The number of hydrogen-bond donors (Lipinski definition) is 1. The number of fused-ring (bicyclic) bond motifs is 1. The number of amides is 1. The summed E-state index contributed by atoms with van der Waals surface area (Å²) in [5.74, 6) is 0.0555. The van der Waals surface area contributed by atoms with Gasteiger partial charge in [0.15, 0.2) is 11.5 Å². The number of nitriles is 1. The lowest BCUT2D eigenvalue weighted by Crippen LogP contribution is -2.13. The number of ether oxygens (including phenoxy) is 2. The minimum Gasteiger partial charge on any atom is -0.493 e. The van der Waals surface area contributed by atoms with Crippen molar-refractivity contribution in [2.24, 2.45) is 0 Å². The predicted molar refractivity (Wildman–Crippen MR) is 143 cm³/mol. The van der Waals surface area contributed by atoms with E-state index in [1.54, 1.807) is 6.07 Å². The number of nitrogens with zero attached hydrogens (tertiary/aromatic N) is 1.